The van der Waals surface area contributed by atoms with Crippen LogP contribution in [0.2, 0.25) is 0 Å². The molecule has 0 spiro atoms. The summed E-state index contributed by atoms with van der Waals surface area (Å²) in [5, 5.41) is 2.86. The molecular weight excluding hydrogens is 526 g/mol. The van der Waals surface area contributed by atoms with Gasteiger partial charge in [0, 0.05) is 12.6 Å². The normalized spacial score (nSPS) is 12.1. The third kappa shape index (κ3) is 7.85. The predicted molar refractivity (Wildman–Crippen MR) is 158 cm³/mol. The molecule has 3 rings (SSSR count). The van der Waals surface area contributed by atoms with Crippen LogP contribution in [0.3, 0.4) is 0 Å². The number of sulfonamides is 1. The van der Waals surface area contributed by atoms with Gasteiger partial charge in [-0.05, 0) is 83.5 Å². The standard InChI is InChI=1S/C31H39N3O5S/c1-7-39-28-15-17-29(18-16-28)40(37,38)34(27-13-11-23(4)12-14-27)21-30(35)33(25(6)31(36)32-22(2)3)20-26-10-8-9-24(5)19-26/h8-19,22,25H,7,20-21H2,1-6H3,(H,32,36)/t25-/m0/s1. The first-order valence-electron chi connectivity index (χ1n) is 13.4. The van der Waals surface area contributed by atoms with Gasteiger partial charge >= 0.3 is 0 Å². The number of carbonyl (C=O) groups excluding carboxylic acids is 2. The molecule has 40 heavy (non-hydrogen) atoms. The third-order valence-electron chi connectivity index (χ3n) is 6.36. The highest BCUT2D eigenvalue weighted by molar-refractivity contribution is 7.92. The van der Waals surface area contributed by atoms with E-state index in [0.29, 0.717) is 18.0 Å². The van der Waals surface area contributed by atoms with Gasteiger partial charge in [0.15, 0.2) is 0 Å². The third-order valence-corrected chi connectivity index (χ3v) is 8.15. The quantitative estimate of drug-likeness (QED) is 0.339. The van der Waals surface area contributed by atoms with Crippen molar-refractivity contribution < 1.29 is 22.7 Å². The van der Waals surface area contributed by atoms with Crippen LogP contribution in [-0.2, 0) is 26.2 Å². The fourth-order valence-electron chi connectivity index (χ4n) is 4.24. The van der Waals surface area contributed by atoms with E-state index < -0.39 is 28.5 Å². The van der Waals surface area contributed by atoms with Gasteiger partial charge in [0.05, 0.1) is 17.2 Å². The second kappa shape index (κ2) is 13.5. The van der Waals surface area contributed by atoms with Gasteiger partial charge in [0.2, 0.25) is 11.8 Å². The Morgan fingerprint density at radius 3 is 2.12 bits per heavy atom. The smallest absolute Gasteiger partial charge is 0.264 e. The molecule has 0 aliphatic carbocycles. The summed E-state index contributed by atoms with van der Waals surface area (Å²) in [5.74, 6) is -0.260. The van der Waals surface area contributed by atoms with E-state index in [2.05, 4.69) is 5.32 Å². The SMILES string of the molecule is CCOc1ccc(S(=O)(=O)N(CC(=O)N(Cc2cccc(C)c2)[C@@H](C)C(=O)NC(C)C)c2ccc(C)cc2)cc1. The molecule has 3 aromatic rings. The van der Waals surface area contributed by atoms with Gasteiger partial charge in [-0.25, -0.2) is 8.42 Å². The molecule has 0 aliphatic heterocycles. The Hall–Kier alpha value is -3.85. The van der Waals surface area contributed by atoms with Gasteiger partial charge in [-0.15, -0.1) is 0 Å². The van der Waals surface area contributed by atoms with Gasteiger partial charge in [-0.3, -0.25) is 13.9 Å². The lowest BCUT2D eigenvalue weighted by Crippen LogP contribution is -2.52. The van der Waals surface area contributed by atoms with Crippen molar-refractivity contribution in [2.75, 3.05) is 17.5 Å². The molecule has 0 radical (unpaired) electrons. The van der Waals surface area contributed by atoms with E-state index in [4.69, 9.17) is 4.74 Å². The predicted octanol–water partition coefficient (Wildman–Crippen LogP) is 4.84. The van der Waals surface area contributed by atoms with E-state index in [9.17, 15) is 18.0 Å². The van der Waals surface area contributed by atoms with E-state index >= 15 is 0 Å². The molecule has 2 amide bonds. The fraction of sp³-hybridized carbons (Fsp3) is 0.355. The molecule has 8 nitrogen and oxygen atoms in total. The summed E-state index contributed by atoms with van der Waals surface area (Å²) in [5.41, 5.74) is 3.16. The minimum atomic E-state index is -4.14. The molecule has 0 aliphatic rings. The molecule has 9 heteroatoms. The number of ether oxygens (including phenoxy) is 1. The zero-order valence-electron chi connectivity index (χ0n) is 24.0. The number of nitrogens with one attached hydrogen (secondary N) is 1. The summed E-state index contributed by atoms with van der Waals surface area (Å²) in [4.78, 5) is 28.4. The van der Waals surface area contributed by atoms with Gasteiger partial charge in [0.25, 0.3) is 10.0 Å². The van der Waals surface area contributed by atoms with E-state index in [0.717, 1.165) is 21.0 Å². The van der Waals surface area contributed by atoms with Crippen molar-refractivity contribution in [2.45, 2.75) is 65.1 Å². The minimum Gasteiger partial charge on any atom is -0.494 e. The average molecular weight is 566 g/mol. The number of amides is 2. The summed E-state index contributed by atoms with van der Waals surface area (Å²) >= 11 is 0. The first-order chi connectivity index (χ1) is 18.9. The van der Waals surface area contributed by atoms with Crippen molar-refractivity contribution in [1.82, 2.24) is 10.2 Å². The van der Waals surface area contributed by atoms with Crippen molar-refractivity contribution in [3.05, 3.63) is 89.5 Å². The maximum absolute atomic E-state index is 14.0. The maximum Gasteiger partial charge on any atom is 0.264 e. The summed E-state index contributed by atoms with van der Waals surface area (Å²) in [6.45, 7) is 11.2. The van der Waals surface area contributed by atoms with E-state index in [1.165, 1.54) is 17.0 Å². The molecule has 0 aromatic heterocycles. The molecule has 0 bridgehead atoms. The maximum atomic E-state index is 14.0. The lowest BCUT2D eigenvalue weighted by atomic mass is 10.1. The molecule has 0 fully saturated rings. The average Bonchev–Trinajstić information content (AvgIpc) is 2.90. The van der Waals surface area contributed by atoms with Crippen LogP contribution in [-0.4, -0.2) is 50.4 Å². The Morgan fingerprint density at radius 1 is 0.900 bits per heavy atom. The van der Waals surface area contributed by atoms with Crippen LogP contribution in [0.1, 0.15) is 44.4 Å². The van der Waals surface area contributed by atoms with Crippen LogP contribution in [0.15, 0.2) is 77.7 Å². The van der Waals surface area contributed by atoms with Crippen LogP contribution in [0, 0.1) is 13.8 Å². The van der Waals surface area contributed by atoms with Crippen LogP contribution in [0.25, 0.3) is 0 Å². The number of carbonyl (C=O) groups is 2. The van der Waals surface area contributed by atoms with Crippen LogP contribution in [0.5, 0.6) is 5.75 Å². The molecular formula is C31H39N3O5S. The molecule has 1 atom stereocenters. The number of aryl methyl sites for hydroxylation is 2. The van der Waals surface area contributed by atoms with Crippen LogP contribution >= 0.6 is 0 Å². The topological polar surface area (TPSA) is 96.0 Å². The molecule has 1 N–H and O–H groups in total. The highest BCUT2D eigenvalue weighted by atomic mass is 32.2. The van der Waals surface area contributed by atoms with Crippen LogP contribution < -0.4 is 14.4 Å². The molecule has 0 saturated carbocycles. The van der Waals surface area contributed by atoms with Gasteiger partial charge in [0.1, 0.15) is 18.3 Å². The Kier molecular flexibility index (Phi) is 10.3. The van der Waals surface area contributed by atoms with Gasteiger partial charge in [-0.2, -0.15) is 0 Å². The number of benzene rings is 3. The number of nitrogens with zero attached hydrogens (tertiary/aromatic N) is 2. The van der Waals surface area contributed by atoms with Crippen molar-refractivity contribution in [3.63, 3.8) is 0 Å². The Morgan fingerprint density at radius 2 is 1.55 bits per heavy atom. The van der Waals surface area contributed by atoms with Crippen molar-refractivity contribution in [1.29, 1.82) is 0 Å². The molecule has 0 saturated heterocycles. The van der Waals surface area contributed by atoms with Crippen molar-refractivity contribution in [2.24, 2.45) is 0 Å². The lowest BCUT2D eigenvalue weighted by Gasteiger charge is -2.32. The number of hydrogen-bond acceptors (Lipinski definition) is 5. The lowest BCUT2D eigenvalue weighted by molar-refractivity contribution is -0.139. The molecule has 3 aromatic carbocycles. The highest BCUT2D eigenvalue weighted by Gasteiger charge is 2.32. The van der Waals surface area contributed by atoms with Gasteiger partial charge < -0.3 is 15.0 Å². The molecule has 0 unspecified atom stereocenters. The highest BCUT2D eigenvalue weighted by Crippen LogP contribution is 2.26. The zero-order chi connectivity index (χ0) is 29.4. The summed E-state index contributed by atoms with van der Waals surface area (Å²) in [6.07, 6.45) is 0. The van der Waals surface area contributed by atoms with Crippen LogP contribution in [0.4, 0.5) is 5.69 Å². The summed E-state index contributed by atoms with van der Waals surface area (Å²) in [7, 11) is -4.14. The molecule has 214 valence electrons. The first-order valence-corrected chi connectivity index (χ1v) is 14.8. The first kappa shape index (κ1) is 30.7. The second-order valence-corrected chi connectivity index (χ2v) is 12.0. The minimum absolute atomic E-state index is 0.0279. The Balaban J connectivity index is 2.02. The largest absolute Gasteiger partial charge is 0.494 e. The van der Waals surface area contributed by atoms with Crippen molar-refractivity contribution >= 4 is 27.5 Å². The summed E-state index contributed by atoms with van der Waals surface area (Å²) < 4.78 is 34.4. The van der Waals surface area contributed by atoms with E-state index in [1.807, 2.05) is 58.9 Å². The Bertz CT molecular complexity index is 1400. The Labute approximate surface area is 238 Å². The second-order valence-electron chi connectivity index (χ2n) is 10.1. The van der Waals surface area contributed by atoms with Crippen molar-refractivity contribution in [3.8, 4) is 5.75 Å². The number of hydrogen-bond donors (Lipinski definition) is 1. The number of anilines is 1. The van der Waals surface area contributed by atoms with E-state index in [-0.39, 0.29) is 23.4 Å². The molecule has 0 heterocycles. The van der Waals surface area contributed by atoms with Gasteiger partial charge in [-0.1, -0.05) is 47.5 Å². The fourth-order valence-corrected chi connectivity index (χ4v) is 5.65. The number of rotatable bonds is 12. The monoisotopic (exact) mass is 565 g/mol. The summed E-state index contributed by atoms with van der Waals surface area (Å²) in [6, 6.07) is 19.8. The van der Waals surface area contributed by atoms with E-state index in [1.54, 1.807) is 43.3 Å². The zero-order valence-corrected chi connectivity index (χ0v) is 24.9.